The first-order chi connectivity index (χ1) is 12.6. The molecule has 1 heterocycles. The van der Waals surface area contributed by atoms with Gasteiger partial charge < -0.3 is 10.1 Å². The predicted molar refractivity (Wildman–Crippen MR) is 110 cm³/mol. The van der Waals surface area contributed by atoms with Crippen LogP contribution in [0.5, 0.6) is 5.75 Å². The minimum Gasteiger partial charge on any atom is -0.495 e. The molecule has 3 aromatic rings. The summed E-state index contributed by atoms with van der Waals surface area (Å²) in [6.07, 6.45) is 1.61. The highest BCUT2D eigenvalue weighted by Gasteiger charge is 2.10. The van der Waals surface area contributed by atoms with E-state index in [0.717, 1.165) is 15.7 Å². The summed E-state index contributed by atoms with van der Waals surface area (Å²) >= 11 is 10.9. The Morgan fingerprint density at radius 3 is 2.77 bits per heavy atom. The highest BCUT2D eigenvalue weighted by atomic mass is 79.9. The zero-order chi connectivity index (χ0) is 18.5. The van der Waals surface area contributed by atoms with Crippen LogP contribution in [0.15, 0.2) is 58.5 Å². The zero-order valence-corrected chi connectivity index (χ0v) is 16.8. The third-order valence-corrected chi connectivity index (χ3v) is 5.17. The standard InChI is InChI=1S/C19H13BrClN3OS/c1-25-18-7-6-15(21)8-16(18)23-10-13(9-22)19-24-17(11-26-19)12-2-4-14(20)5-3-12/h2-8,10-11,23H,1H3. The number of nitriles is 1. The van der Waals surface area contributed by atoms with Crippen LogP contribution in [-0.4, -0.2) is 12.1 Å². The van der Waals surface area contributed by atoms with Crippen LogP contribution in [0, 0.1) is 11.3 Å². The number of halogens is 2. The largest absolute Gasteiger partial charge is 0.495 e. The molecule has 0 spiro atoms. The molecule has 0 bridgehead atoms. The maximum atomic E-state index is 9.50. The highest BCUT2D eigenvalue weighted by molar-refractivity contribution is 9.10. The smallest absolute Gasteiger partial charge is 0.142 e. The maximum Gasteiger partial charge on any atom is 0.142 e. The van der Waals surface area contributed by atoms with E-state index in [0.29, 0.717) is 27.0 Å². The van der Waals surface area contributed by atoms with Gasteiger partial charge in [0.15, 0.2) is 0 Å². The van der Waals surface area contributed by atoms with Crippen LogP contribution in [0.4, 0.5) is 5.69 Å². The van der Waals surface area contributed by atoms with Gasteiger partial charge in [0, 0.05) is 26.6 Å². The van der Waals surface area contributed by atoms with E-state index in [1.165, 1.54) is 11.3 Å². The molecule has 26 heavy (non-hydrogen) atoms. The molecule has 0 aliphatic rings. The quantitative estimate of drug-likeness (QED) is 0.473. The summed E-state index contributed by atoms with van der Waals surface area (Å²) < 4.78 is 6.30. The van der Waals surface area contributed by atoms with Gasteiger partial charge in [0.05, 0.1) is 18.5 Å². The molecule has 0 aliphatic heterocycles. The summed E-state index contributed by atoms with van der Waals surface area (Å²) in [5.74, 6) is 0.637. The normalized spacial score (nSPS) is 11.1. The fraction of sp³-hybridized carbons (Fsp3) is 0.0526. The lowest BCUT2D eigenvalue weighted by Crippen LogP contribution is -1.95. The van der Waals surface area contributed by atoms with Crippen molar-refractivity contribution >= 4 is 50.1 Å². The van der Waals surface area contributed by atoms with Gasteiger partial charge in [-0.1, -0.05) is 39.7 Å². The lowest BCUT2D eigenvalue weighted by Gasteiger charge is -2.08. The Kier molecular flexibility index (Phi) is 5.94. The molecule has 0 unspecified atom stereocenters. The number of benzene rings is 2. The van der Waals surface area contributed by atoms with Crippen LogP contribution in [-0.2, 0) is 0 Å². The molecule has 0 radical (unpaired) electrons. The number of thiazole rings is 1. The van der Waals surface area contributed by atoms with E-state index in [-0.39, 0.29) is 0 Å². The Hall–Kier alpha value is -2.33. The van der Waals surface area contributed by atoms with Gasteiger partial charge in [-0.15, -0.1) is 11.3 Å². The van der Waals surface area contributed by atoms with Gasteiger partial charge in [0.2, 0.25) is 0 Å². The van der Waals surface area contributed by atoms with E-state index in [4.69, 9.17) is 16.3 Å². The average Bonchev–Trinajstić information content (AvgIpc) is 3.13. The molecule has 4 nitrogen and oxygen atoms in total. The molecule has 0 saturated carbocycles. The number of anilines is 1. The number of hydrogen-bond donors (Lipinski definition) is 1. The van der Waals surface area contributed by atoms with Crippen molar-refractivity contribution < 1.29 is 4.74 Å². The van der Waals surface area contributed by atoms with Crippen LogP contribution < -0.4 is 10.1 Å². The second-order valence-corrected chi connectivity index (χ2v) is 7.41. The van der Waals surface area contributed by atoms with E-state index < -0.39 is 0 Å². The third kappa shape index (κ3) is 4.25. The van der Waals surface area contributed by atoms with Crippen LogP contribution >= 0.6 is 38.9 Å². The summed E-state index contributed by atoms with van der Waals surface area (Å²) in [6.45, 7) is 0. The number of nitrogens with one attached hydrogen (secondary N) is 1. The lowest BCUT2D eigenvalue weighted by molar-refractivity contribution is 0.417. The SMILES string of the molecule is COc1ccc(Cl)cc1NC=C(C#N)c1nc(-c2ccc(Br)cc2)cs1. The molecule has 1 aromatic heterocycles. The van der Waals surface area contributed by atoms with Crippen molar-refractivity contribution in [3.05, 3.63) is 68.5 Å². The monoisotopic (exact) mass is 445 g/mol. The number of nitrogens with zero attached hydrogens (tertiary/aromatic N) is 2. The van der Waals surface area contributed by atoms with Gasteiger partial charge in [0.1, 0.15) is 22.4 Å². The molecule has 3 rings (SSSR count). The minimum atomic E-state index is 0.431. The molecule has 7 heteroatoms. The summed E-state index contributed by atoms with van der Waals surface area (Å²) in [6, 6.07) is 15.3. The summed E-state index contributed by atoms with van der Waals surface area (Å²) in [5, 5.41) is 15.7. The zero-order valence-electron chi connectivity index (χ0n) is 13.7. The number of hydrogen-bond acceptors (Lipinski definition) is 5. The minimum absolute atomic E-state index is 0.431. The molecular weight excluding hydrogens is 434 g/mol. The maximum absolute atomic E-state index is 9.50. The Morgan fingerprint density at radius 1 is 1.31 bits per heavy atom. The van der Waals surface area contributed by atoms with Crippen LogP contribution in [0.1, 0.15) is 5.01 Å². The topological polar surface area (TPSA) is 57.9 Å². The van der Waals surface area contributed by atoms with Crippen LogP contribution in [0.3, 0.4) is 0 Å². The molecule has 0 saturated heterocycles. The Balaban J connectivity index is 1.86. The van der Waals surface area contributed by atoms with Crippen molar-refractivity contribution in [2.75, 3.05) is 12.4 Å². The van der Waals surface area contributed by atoms with Crippen molar-refractivity contribution in [2.24, 2.45) is 0 Å². The molecule has 2 aromatic carbocycles. The van der Waals surface area contributed by atoms with Crippen LogP contribution in [0.25, 0.3) is 16.8 Å². The average molecular weight is 447 g/mol. The van der Waals surface area contributed by atoms with Crippen molar-refractivity contribution in [1.29, 1.82) is 5.26 Å². The number of ether oxygens (including phenoxy) is 1. The van der Waals surface area contributed by atoms with Crippen molar-refractivity contribution in [3.63, 3.8) is 0 Å². The van der Waals surface area contributed by atoms with E-state index in [1.54, 1.807) is 31.5 Å². The first-order valence-electron chi connectivity index (χ1n) is 7.53. The Labute approximate surface area is 168 Å². The number of methoxy groups -OCH3 is 1. The van der Waals surface area contributed by atoms with E-state index in [1.807, 2.05) is 29.6 Å². The van der Waals surface area contributed by atoms with Crippen molar-refractivity contribution in [3.8, 4) is 23.1 Å². The van der Waals surface area contributed by atoms with Crippen LogP contribution in [0.2, 0.25) is 5.02 Å². The second kappa shape index (κ2) is 8.37. The van der Waals surface area contributed by atoms with Crippen molar-refractivity contribution in [2.45, 2.75) is 0 Å². The predicted octanol–water partition coefficient (Wildman–Crippen LogP) is 6.21. The molecule has 0 amide bonds. The van der Waals surface area contributed by atoms with Gasteiger partial charge in [-0.2, -0.15) is 5.26 Å². The fourth-order valence-electron chi connectivity index (χ4n) is 2.24. The lowest BCUT2D eigenvalue weighted by atomic mass is 10.2. The summed E-state index contributed by atoms with van der Waals surface area (Å²) in [4.78, 5) is 4.57. The second-order valence-electron chi connectivity index (χ2n) is 5.20. The van der Waals surface area contributed by atoms with Gasteiger partial charge in [0.25, 0.3) is 0 Å². The highest BCUT2D eigenvalue weighted by Crippen LogP contribution is 2.30. The molecule has 130 valence electrons. The molecule has 1 N–H and O–H groups in total. The molecule has 0 fully saturated rings. The van der Waals surface area contributed by atoms with Gasteiger partial charge in [-0.3, -0.25) is 0 Å². The van der Waals surface area contributed by atoms with Gasteiger partial charge in [-0.05, 0) is 30.3 Å². The summed E-state index contributed by atoms with van der Waals surface area (Å²) in [7, 11) is 1.58. The summed E-state index contributed by atoms with van der Waals surface area (Å²) in [5.41, 5.74) is 2.94. The Morgan fingerprint density at radius 2 is 2.08 bits per heavy atom. The molecule has 0 atom stereocenters. The Bertz CT molecular complexity index is 993. The first kappa shape index (κ1) is 18.5. The third-order valence-electron chi connectivity index (χ3n) is 3.53. The van der Waals surface area contributed by atoms with Crippen molar-refractivity contribution in [1.82, 2.24) is 4.98 Å². The number of rotatable bonds is 5. The first-order valence-corrected chi connectivity index (χ1v) is 9.58. The molecular formula is C19H13BrClN3OS. The van der Waals surface area contributed by atoms with E-state index in [9.17, 15) is 5.26 Å². The van der Waals surface area contributed by atoms with Gasteiger partial charge >= 0.3 is 0 Å². The van der Waals surface area contributed by atoms with E-state index in [2.05, 4.69) is 32.3 Å². The number of allylic oxidation sites excluding steroid dienone is 1. The number of aromatic nitrogens is 1. The fourth-order valence-corrected chi connectivity index (χ4v) is 3.47. The van der Waals surface area contributed by atoms with E-state index >= 15 is 0 Å². The molecule has 0 aliphatic carbocycles. The van der Waals surface area contributed by atoms with Gasteiger partial charge in [-0.25, -0.2) is 4.98 Å².